The number of aliphatic hydroxyl groups excluding tert-OH is 1. The number of aryl methyl sites for hydroxylation is 2. The van der Waals surface area contributed by atoms with Crippen molar-refractivity contribution in [2.75, 3.05) is 7.11 Å². The molecule has 0 bridgehead atoms. The first-order valence-electron chi connectivity index (χ1n) is 6.65. The van der Waals surface area contributed by atoms with Crippen molar-refractivity contribution in [3.8, 4) is 5.75 Å². The van der Waals surface area contributed by atoms with Crippen LogP contribution in [0.15, 0.2) is 36.4 Å². The second-order valence-corrected chi connectivity index (χ2v) is 5.05. The number of methoxy groups -OCH3 is 1. The van der Waals surface area contributed by atoms with Crippen LogP contribution in [0, 0.1) is 13.8 Å². The normalized spacial score (nSPS) is 12.5. The lowest BCUT2D eigenvalue weighted by Gasteiger charge is -2.17. The molecule has 0 aliphatic carbocycles. The Balaban J connectivity index is 2.35. The summed E-state index contributed by atoms with van der Waals surface area (Å²) in [6.07, 6.45) is -3.34. The summed E-state index contributed by atoms with van der Waals surface area (Å²) >= 11 is 0. The van der Waals surface area contributed by atoms with Gasteiger partial charge in [-0.05, 0) is 48.2 Å². The minimum atomic E-state index is -2.50. The summed E-state index contributed by atoms with van der Waals surface area (Å²) in [6.45, 7) is 3.78. The lowest BCUT2D eigenvalue weighted by molar-refractivity contribution is 0.151. The highest BCUT2D eigenvalue weighted by Gasteiger charge is 2.16. The summed E-state index contributed by atoms with van der Waals surface area (Å²) in [4.78, 5) is 0. The predicted molar refractivity (Wildman–Crippen MR) is 77.9 cm³/mol. The van der Waals surface area contributed by atoms with E-state index < -0.39 is 12.5 Å². The van der Waals surface area contributed by atoms with Gasteiger partial charge in [-0.2, -0.15) is 0 Å². The fourth-order valence-corrected chi connectivity index (χ4v) is 2.33. The summed E-state index contributed by atoms with van der Waals surface area (Å²) in [6, 6.07) is 9.47. The largest absolute Gasteiger partial charge is 0.496 e. The molecule has 1 atom stereocenters. The first-order chi connectivity index (χ1) is 9.93. The molecule has 21 heavy (non-hydrogen) atoms. The number of benzene rings is 2. The Morgan fingerprint density at radius 2 is 1.52 bits per heavy atom. The van der Waals surface area contributed by atoms with Crippen LogP contribution in [0.5, 0.6) is 5.75 Å². The van der Waals surface area contributed by atoms with Gasteiger partial charge < -0.3 is 9.84 Å². The molecule has 0 heterocycles. The van der Waals surface area contributed by atoms with Gasteiger partial charge >= 0.3 is 0 Å². The molecule has 2 aromatic carbocycles. The molecule has 2 rings (SSSR count). The molecule has 0 saturated carbocycles. The zero-order valence-electron chi connectivity index (χ0n) is 12.2. The molecular formula is C17H18F2O2. The number of halogens is 2. The standard InChI is InChI=1S/C17H18F2O2/c1-10-9-15(21-3)11(2)8-14(10)16(20)12-4-6-13(7-5-12)17(18)19/h4-9,16-17,20H,1-3H3. The quantitative estimate of drug-likeness (QED) is 0.908. The molecule has 0 radical (unpaired) electrons. The van der Waals surface area contributed by atoms with E-state index in [2.05, 4.69) is 0 Å². The van der Waals surface area contributed by atoms with Crippen LogP contribution in [0.1, 0.15) is 40.3 Å². The maximum atomic E-state index is 12.5. The Morgan fingerprint density at radius 1 is 0.952 bits per heavy atom. The van der Waals surface area contributed by atoms with Gasteiger partial charge in [0.15, 0.2) is 0 Å². The Bertz CT molecular complexity index is 621. The lowest BCUT2D eigenvalue weighted by Crippen LogP contribution is -2.04. The molecule has 0 spiro atoms. The summed E-state index contributed by atoms with van der Waals surface area (Å²) < 4.78 is 30.3. The molecule has 1 unspecified atom stereocenters. The van der Waals surface area contributed by atoms with Crippen molar-refractivity contribution in [2.45, 2.75) is 26.4 Å². The van der Waals surface area contributed by atoms with Crippen molar-refractivity contribution >= 4 is 0 Å². The van der Waals surface area contributed by atoms with E-state index in [1.165, 1.54) is 24.3 Å². The molecule has 0 aliphatic heterocycles. The molecule has 2 aromatic rings. The smallest absolute Gasteiger partial charge is 0.263 e. The zero-order chi connectivity index (χ0) is 15.6. The van der Waals surface area contributed by atoms with E-state index in [9.17, 15) is 13.9 Å². The molecule has 0 aromatic heterocycles. The number of aliphatic hydroxyl groups is 1. The van der Waals surface area contributed by atoms with Crippen LogP contribution in [0.2, 0.25) is 0 Å². The summed E-state index contributed by atoms with van der Waals surface area (Å²) in [5.74, 6) is 0.761. The first-order valence-corrected chi connectivity index (χ1v) is 6.65. The van der Waals surface area contributed by atoms with E-state index in [-0.39, 0.29) is 5.56 Å². The second-order valence-electron chi connectivity index (χ2n) is 5.05. The fourth-order valence-electron chi connectivity index (χ4n) is 2.33. The van der Waals surface area contributed by atoms with Gasteiger partial charge in [0.25, 0.3) is 6.43 Å². The predicted octanol–water partition coefficient (Wildman–Crippen LogP) is 4.33. The fraction of sp³-hybridized carbons (Fsp3) is 0.294. The number of hydrogen-bond acceptors (Lipinski definition) is 2. The average molecular weight is 292 g/mol. The van der Waals surface area contributed by atoms with E-state index in [0.29, 0.717) is 5.56 Å². The summed E-state index contributed by atoms with van der Waals surface area (Å²) in [5, 5.41) is 10.5. The molecular weight excluding hydrogens is 274 g/mol. The van der Waals surface area contributed by atoms with Crippen LogP contribution in [0.3, 0.4) is 0 Å². The monoisotopic (exact) mass is 292 g/mol. The minimum Gasteiger partial charge on any atom is -0.496 e. The Morgan fingerprint density at radius 3 is 2.05 bits per heavy atom. The number of hydrogen-bond donors (Lipinski definition) is 1. The second kappa shape index (κ2) is 6.22. The van der Waals surface area contributed by atoms with E-state index >= 15 is 0 Å². The van der Waals surface area contributed by atoms with Gasteiger partial charge in [0.1, 0.15) is 11.9 Å². The van der Waals surface area contributed by atoms with Crippen molar-refractivity contribution < 1.29 is 18.6 Å². The van der Waals surface area contributed by atoms with Gasteiger partial charge in [0.2, 0.25) is 0 Å². The van der Waals surface area contributed by atoms with Gasteiger partial charge in [-0.1, -0.05) is 24.3 Å². The number of ether oxygens (including phenoxy) is 1. The van der Waals surface area contributed by atoms with Crippen LogP contribution in [-0.4, -0.2) is 12.2 Å². The van der Waals surface area contributed by atoms with Gasteiger partial charge in [0, 0.05) is 5.56 Å². The third-order valence-electron chi connectivity index (χ3n) is 3.58. The van der Waals surface area contributed by atoms with Gasteiger partial charge in [-0.3, -0.25) is 0 Å². The van der Waals surface area contributed by atoms with Crippen molar-refractivity contribution in [3.63, 3.8) is 0 Å². The molecule has 2 nitrogen and oxygen atoms in total. The van der Waals surface area contributed by atoms with Crippen molar-refractivity contribution in [1.82, 2.24) is 0 Å². The van der Waals surface area contributed by atoms with Crippen molar-refractivity contribution in [3.05, 3.63) is 64.2 Å². The molecule has 0 saturated heterocycles. The Kier molecular flexibility index (Phi) is 4.58. The summed E-state index contributed by atoms with van der Waals surface area (Å²) in [5.41, 5.74) is 3.10. The molecule has 0 amide bonds. The SMILES string of the molecule is COc1cc(C)c(C(O)c2ccc(C(F)F)cc2)cc1C. The topological polar surface area (TPSA) is 29.5 Å². The number of rotatable bonds is 4. The highest BCUT2D eigenvalue weighted by atomic mass is 19.3. The maximum Gasteiger partial charge on any atom is 0.263 e. The molecule has 1 N–H and O–H groups in total. The van der Waals surface area contributed by atoms with E-state index in [1.807, 2.05) is 26.0 Å². The zero-order valence-corrected chi connectivity index (χ0v) is 12.2. The van der Waals surface area contributed by atoms with E-state index in [1.54, 1.807) is 7.11 Å². The molecule has 4 heteroatoms. The Labute approximate surface area is 123 Å². The van der Waals surface area contributed by atoms with E-state index in [0.717, 1.165) is 22.4 Å². The van der Waals surface area contributed by atoms with Crippen LogP contribution >= 0.6 is 0 Å². The molecule has 0 aliphatic rings. The first kappa shape index (κ1) is 15.4. The molecule has 0 fully saturated rings. The van der Waals surface area contributed by atoms with Gasteiger partial charge in [0.05, 0.1) is 7.11 Å². The third kappa shape index (κ3) is 3.22. The minimum absolute atomic E-state index is 0.0476. The highest BCUT2D eigenvalue weighted by Crippen LogP contribution is 2.31. The average Bonchev–Trinajstić information content (AvgIpc) is 2.48. The highest BCUT2D eigenvalue weighted by molar-refractivity contribution is 5.45. The van der Waals surface area contributed by atoms with Gasteiger partial charge in [-0.25, -0.2) is 8.78 Å². The van der Waals surface area contributed by atoms with Crippen LogP contribution < -0.4 is 4.74 Å². The third-order valence-corrected chi connectivity index (χ3v) is 3.58. The van der Waals surface area contributed by atoms with E-state index in [4.69, 9.17) is 4.74 Å². The van der Waals surface area contributed by atoms with Crippen molar-refractivity contribution in [1.29, 1.82) is 0 Å². The Hall–Kier alpha value is -1.94. The summed E-state index contributed by atoms with van der Waals surface area (Å²) in [7, 11) is 1.60. The lowest BCUT2D eigenvalue weighted by atomic mass is 9.95. The molecule has 112 valence electrons. The number of alkyl halides is 2. The van der Waals surface area contributed by atoms with Crippen LogP contribution in [0.4, 0.5) is 8.78 Å². The van der Waals surface area contributed by atoms with Crippen molar-refractivity contribution in [2.24, 2.45) is 0 Å². The van der Waals surface area contributed by atoms with Gasteiger partial charge in [-0.15, -0.1) is 0 Å². The van der Waals surface area contributed by atoms with Crippen LogP contribution in [0.25, 0.3) is 0 Å². The van der Waals surface area contributed by atoms with Crippen LogP contribution in [-0.2, 0) is 0 Å². The maximum absolute atomic E-state index is 12.5.